The van der Waals surface area contributed by atoms with Crippen LogP contribution in [0.15, 0.2) is 23.1 Å². The summed E-state index contributed by atoms with van der Waals surface area (Å²) in [6.07, 6.45) is 0. The Morgan fingerprint density at radius 1 is 1.27 bits per heavy atom. The van der Waals surface area contributed by atoms with Crippen molar-refractivity contribution >= 4 is 17.5 Å². The summed E-state index contributed by atoms with van der Waals surface area (Å²) < 4.78 is 0. The monoisotopic (exact) mass is 320 g/mol. The average Bonchev–Trinajstić information content (AvgIpc) is 2.53. The summed E-state index contributed by atoms with van der Waals surface area (Å²) in [6, 6.07) is 6.24. The average molecular weight is 321 g/mol. The van der Waals surface area contributed by atoms with Gasteiger partial charge in [-0.3, -0.25) is 9.69 Å². The third-order valence-electron chi connectivity index (χ3n) is 4.05. The Balaban J connectivity index is 2.17. The van der Waals surface area contributed by atoms with Crippen LogP contribution in [0.5, 0.6) is 0 Å². The molecule has 1 atom stereocenters. The van der Waals surface area contributed by atoms with Gasteiger partial charge in [0.25, 0.3) is 0 Å². The number of thioether (sulfide) groups is 1. The molecule has 1 unspecified atom stereocenters. The van der Waals surface area contributed by atoms with Gasteiger partial charge in [0.15, 0.2) is 5.78 Å². The van der Waals surface area contributed by atoms with E-state index in [1.807, 2.05) is 6.92 Å². The van der Waals surface area contributed by atoms with E-state index < -0.39 is 0 Å². The van der Waals surface area contributed by atoms with E-state index in [0.717, 1.165) is 48.0 Å². The third kappa shape index (κ3) is 4.58. The molecule has 4 heteroatoms. The van der Waals surface area contributed by atoms with Crippen molar-refractivity contribution in [2.24, 2.45) is 5.92 Å². The minimum absolute atomic E-state index is 0.0395. The standard InChI is InChI=1S/C18H28N2OS/c1-13(2)12-22-17-6-5-14(3)11-16(17)18(21)15(4)20-9-7-19-8-10-20/h5-6,11,13,15,19H,7-10,12H2,1-4H3. The number of Topliss-reactive ketones (excluding diaryl/α,β-unsaturated/α-hetero) is 1. The first-order chi connectivity index (χ1) is 10.5. The molecule has 0 bridgehead atoms. The number of nitrogens with zero attached hydrogens (tertiary/aromatic N) is 1. The Bertz CT molecular complexity index is 510. The molecule has 2 rings (SSSR count). The molecule has 1 aliphatic heterocycles. The smallest absolute Gasteiger partial charge is 0.180 e. The van der Waals surface area contributed by atoms with Crippen molar-refractivity contribution in [1.82, 2.24) is 10.2 Å². The lowest BCUT2D eigenvalue weighted by molar-refractivity contribution is 0.0817. The molecule has 22 heavy (non-hydrogen) atoms. The van der Waals surface area contributed by atoms with E-state index >= 15 is 0 Å². The molecule has 1 N–H and O–H groups in total. The molecule has 1 fully saturated rings. The highest BCUT2D eigenvalue weighted by Gasteiger charge is 2.25. The van der Waals surface area contributed by atoms with Crippen LogP contribution in [0.1, 0.15) is 36.7 Å². The van der Waals surface area contributed by atoms with Gasteiger partial charge in [0.2, 0.25) is 0 Å². The van der Waals surface area contributed by atoms with Crippen LogP contribution in [0.3, 0.4) is 0 Å². The summed E-state index contributed by atoms with van der Waals surface area (Å²) in [5.41, 5.74) is 2.06. The van der Waals surface area contributed by atoms with Gasteiger partial charge in [0, 0.05) is 42.4 Å². The van der Waals surface area contributed by atoms with Gasteiger partial charge in [-0.05, 0) is 31.9 Å². The van der Waals surface area contributed by atoms with Gasteiger partial charge in [0.05, 0.1) is 6.04 Å². The largest absolute Gasteiger partial charge is 0.314 e. The Labute approximate surface area is 138 Å². The normalized spacial score (nSPS) is 17.7. The zero-order chi connectivity index (χ0) is 16.1. The highest BCUT2D eigenvalue weighted by Crippen LogP contribution is 2.27. The first kappa shape index (κ1) is 17.5. The number of hydrogen-bond acceptors (Lipinski definition) is 4. The highest BCUT2D eigenvalue weighted by atomic mass is 32.2. The maximum Gasteiger partial charge on any atom is 0.180 e. The van der Waals surface area contributed by atoms with Gasteiger partial charge in [-0.1, -0.05) is 25.5 Å². The Morgan fingerprint density at radius 3 is 2.59 bits per heavy atom. The fraction of sp³-hybridized carbons (Fsp3) is 0.611. The second-order valence-electron chi connectivity index (χ2n) is 6.53. The minimum atomic E-state index is -0.0395. The van der Waals surface area contributed by atoms with Gasteiger partial charge >= 0.3 is 0 Å². The number of rotatable bonds is 6. The lowest BCUT2D eigenvalue weighted by Gasteiger charge is -2.32. The predicted octanol–water partition coefficient (Wildman–Crippen LogP) is 3.22. The molecule has 0 spiro atoms. The lowest BCUT2D eigenvalue weighted by atomic mass is 10.0. The topological polar surface area (TPSA) is 32.3 Å². The number of carbonyl (C=O) groups excluding carboxylic acids is 1. The molecular weight excluding hydrogens is 292 g/mol. The quantitative estimate of drug-likeness (QED) is 0.644. The Hall–Kier alpha value is -0.840. The van der Waals surface area contributed by atoms with E-state index in [0.29, 0.717) is 5.92 Å². The van der Waals surface area contributed by atoms with Crippen LogP contribution in [0.2, 0.25) is 0 Å². The fourth-order valence-electron chi connectivity index (χ4n) is 2.68. The van der Waals surface area contributed by atoms with Crippen molar-refractivity contribution in [3.05, 3.63) is 29.3 Å². The van der Waals surface area contributed by atoms with Crippen LogP contribution in [-0.4, -0.2) is 48.7 Å². The van der Waals surface area contributed by atoms with E-state index in [9.17, 15) is 4.79 Å². The summed E-state index contributed by atoms with van der Waals surface area (Å²) in [4.78, 5) is 16.4. The van der Waals surface area contributed by atoms with Crippen molar-refractivity contribution in [3.63, 3.8) is 0 Å². The molecule has 0 aliphatic carbocycles. The first-order valence-electron chi connectivity index (χ1n) is 8.21. The summed E-state index contributed by atoms with van der Waals surface area (Å²) in [5.74, 6) is 1.93. The van der Waals surface area contributed by atoms with E-state index in [2.05, 4.69) is 49.2 Å². The summed E-state index contributed by atoms with van der Waals surface area (Å²) in [5, 5.41) is 3.34. The summed E-state index contributed by atoms with van der Waals surface area (Å²) >= 11 is 1.80. The molecule has 1 heterocycles. The van der Waals surface area contributed by atoms with Crippen LogP contribution < -0.4 is 5.32 Å². The minimum Gasteiger partial charge on any atom is -0.314 e. The van der Waals surface area contributed by atoms with Crippen molar-refractivity contribution < 1.29 is 4.79 Å². The number of ketones is 1. The maximum atomic E-state index is 13.0. The van der Waals surface area contributed by atoms with Crippen molar-refractivity contribution in [2.75, 3.05) is 31.9 Å². The first-order valence-corrected chi connectivity index (χ1v) is 9.20. The third-order valence-corrected chi connectivity index (χ3v) is 5.55. The van der Waals surface area contributed by atoms with Crippen LogP contribution in [0, 0.1) is 12.8 Å². The molecule has 1 aliphatic rings. The van der Waals surface area contributed by atoms with Crippen LogP contribution >= 0.6 is 11.8 Å². The van der Waals surface area contributed by atoms with E-state index in [1.165, 1.54) is 0 Å². The number of carbonyl (C=O) groups is 1. The molecular formula is C18H28N2OS. The summed E-state index contributed by atoms with van der Waals surface area (Å²) in [6.45, 7) is 12.4. The van der Waals surface area contributed by atoms with Gasteiger partial charge in [0.1, 0.15) is 0 Å². The predicted molar refractivity (Wildman–Crippen MR) is 95.0 cm³/mol. The Kier molecular flexibility index (Phi) is 6.48. The van der Waals surface area contributed by atoms with E-state index in [1.54, 1.807) is 11.8 Å². The Morgan fingerprint density at radius 2 is 1.95 bits per heavy atom. The molecule has 0 amide bonds. The second-order valence-corrected chi connectivity index (χ2v) is 7.59. The lowest BCUT2D eigenvalue weighted by Crippen LogP contribution is -2.50. The second kappa shape index (κ2) is 8.14. The molecule has 1 aromatic carbocycles. The zero-order valence-corrected chi connectivity index (χ0v) is 15.0. The number of aryl methyl sites for hydroxylation is 1. The molecule has 1 saturated heterocycles. The number of benzene rings is 1. The van der Waals surface area contributed by atoms with Crippen LogP contribution in [0.4, 0.5) is 0 Å². The van der Waals surface area contributed by atoms with Crippen molar-refractivity contribution in [1.29, 1.82) is 0 Å². The fourth-order valence-corrected chi connectivity index (χ4v) is 3.67. The van der Waals surface area contributed by atoms with Gasteiger partial charge < -0.3 is 5.32 Å². The molecule has 0 radical (unpaired) electrons. The van der Waals surface area contributed by atoms with Crippen LogP contribution in [0.25, 0.3) is 0 Å². The van der Waals surface area contributed by atoms with Gasteiger partial charge in [-0.25, -0.2) is 0 Å². The van der Waals surface area contributed by atoms with Gasteiger partial charge in [-0.2, -0.15) is 0 Å². The molecule has 1 aromatic rings. The number of nitrogens with one attached hydrogen (secondary N) is 1. The molecule has 0 saturated carbocycles. The van der Waals surface area contributed by atoms with Crippen LogP contribution in [-0.2, 0) is 0 Å². The molecule has 3 nitrogen and oxygen atoms in total. The summed E-state index contributed by atoms with van der Waals surface area (Å²) in [7, 11) is 0. The van der Waals surface area contributed by atoms with Gasteiger partial charge in [-0.15, -0.1) is 11.8 Å². The number of hydrogen-bond donors (Lipinski definition) is 1. The SMILES string of the molecule is Cc1ccc(SCC(C)C)c(C(=O)C(C)N2CCNCC2)c1. The molecule has 122 valence electrons. The van der Waals surface area contributed by atoms with Crippen molar-refractivity contribution in [3.8, 4) is 0 Å². The maximum absolute atomic E-state index is 13.0. The van der Waals surface area contributed by atoms with E-state index in [4.69, 9.17) is 0 Å². The van der Waals surface area contributed by atoms with Crippen molar-refractivity contribution in [2.45, 2.75) is 38.6 Å². The zero-order valence-electron chi connectivity index (χ0n) is 14.2. The highest BCUT2D eigenvalue weighted by molar-refractivity contribution is 7.99. The molecule has 0 aromatic heterocycles. The number of piperazine rings is 1. The van der Waals surface area contributed by atoms with E-state index in [-0.39, 0.29) is 11.8 Å².